The minimum atomic E-state index is -0.945. The van der Waals surface area contributed by atoms with Crippen LogP contribution in [0.3, 0.4) is 0 Å². The van der Waals surface area contributed by atoms with Crippen LogP contribution in [0.5, 0.6) is 0 Å². The van der Waals surface area contributed by atoms with Crippen molar-refractivity contribution in [2.24, 2.45) is 0 Å². The lowest BCUT2D eigenvalue weighted by molar-refractivity contribution is -0.135. The molecule has 7 nitrogen and oxygen atoms in total. The van der Waals surface area contributed by atoms with Crippen molar-refractivity contribution in [3.63, 3.8) is 0 Å². The van der Waals surface area contributed by atoms with E-state index in [4.69, 9.17) is 5.11 Å². The number of anilines is 1. The number of carboxylic acid groups (broad SMARTS) is 1. The van der Waals surface area contributed by atoms with Crippen molar-refractivity contribution >= 4 is 11.8 Å². The average Bonchev–Trinajstić information content (AvgIpc) is 2.32. The van der Waals surface area contributed by atoms with E-state index in [1.54, 1.807) is 4.90 Å². The van der Waals surface area contributed by atoms with Gasteiger partial charge in [-0.25, -0.2) is 4.98 Å². The molecule has 0 atom stereocenters. The molecule has 19 heavy (non-hydrogen) atoms. The van der Waals surface area contributed by atoms with Crippen molar-refractivity contribution in [1.82, 2.24) is 14.9 Å². The highest BCUT2D eigenvalue weighted by atomic mass is 16.4. The summed E-state index contributed by atoms with van der Waals surface area (Å²) < 4.78 is 0. The van der Waals surface area contributed by atoms with Gasteiger partial charge >= 0.3 is 5.97 Å². The summed E-state index contributed by atoms with van der Waals surface area (Å²) in [5.74, 6) is 0.0199. The van der Waals surface area contributed by atoms with Gasteiger partial charge in [0.2, 0.25) is 0 Å². The highest BCUT2D eigenvalue weighted by molar-refractivity contribution is 5.73. The van der Waals surface area contributed by atoms with Crippen LogP contribution in [0, 0.1) is 0 Å². The first kappa shape index (κ1) is 15.2. The van der Waals surface area contributed by atoms with Crippen molar-refractivity contribution in [1.29, 1.82) is 0 Å². The molecule has 7 heteroatoms. The largest absolute Gasteiger partial charge is 0.480 e. The Bertz CT molecular complexity index is 484. The number of hydrogen-bond donors (Lipinski definition) is 2. The van der Waals surface area contributed by atoms with Crippen LogP contribution in [0.1, 0.15) is 12.7 Å². The van der Waals surface area contributed by atoms with Crippen molar-refractivity contribution in [2.45, 2.75) is 13.3 Å². The molecule has 1 aromatic heterocycles. The number of aromatic nitrogens is 2. The number of rotatable bonds is 7. The Balaban J connectivity index is 2.98. The van der Waals surface area contributed by atoms with Gasteiger partial charge in [0.1, 0.15) is 18.2 Å². The third kappa shape index (κ3) is 5.09. The van der Waals surface area contributed by atoms with Crippen LogP contribution in [-0.2, 0) is 11.2 Å². The van der Waals surface area contributed by atoms with E-state index in [2.05, 4.69) is 9.97 Å². The van der Waals surface area contributed by atoms with E-state index in [0.717, 1.165) is 0 Å². The second kappa shape index (κ2) is 6.89. The SMILES string of the molecule is CCc1nc(N(CCN(C)C)CC(=O)O)cc(=O)[nH]1. The number of carboxylic acids is 1. The number of hydrogen-bond acceptors (Lipinski definition) is 5. The van der Waals surface area contributed by atoms with Gasteiger partial charge < -0.3 is 19.9 Å². The predicted molar refractivity (Wildman–Crippen MR) is 72.6 cm³/mol. The van der Waals surface area contributed by atoms with Crippen molar-refractivity contribution in [2.75, 3.05) is 38.6 Å². The highest BCUT2D eigenvalue weighted by Crippen LogP contribution is 2.08. The van der Waals surface area contributed by atoms with E-state index in [1.807, 2.05) is 25.9 Å². The van der Waals surface area contributed by atoms with Crippen LogP contribution < -0.4 is 10.5 Å². The van der Waals surface area contributed by atoms with Crippen LogP contribution >= 0.6 is 0 Å². The Morgan fingerprint density at radius 2 is 2.11 bits per heavy atom. The first-order valence-electron chi connectivity index (χ1n) is 6.14. The normalized spacial score (nSPS) is 10.7. The fraction of sp³-hybridized carbons (Fsp3) is 0.583. The van der Waals surface area contributed by atoms with Crippen LogP contribution in [0.4, 0.5) is 5.82 Å². The second-order valence-electron chi connectivity index (χ2n) is 4.52. The molecule has 1 heterocycles. The molecule has 0 aliphatic carbocycles. The molecule has 0 aromatic carbocycles. The van der Waals surface area contributed by atoms with Gasteiger partial charge in [-0.3, -0.25) is 9.59 Å². The quantitative estimate of drug-likeness (QED) is 0.711. The molecular weight excluding hydrogens is 248 g/mol. The van der Waals surface area contributed by atoms with E-state index in [1.165, 1.54) is 6.07 Å². The van der Waals surface area contributed by atoms with E-state index >= 15 is 0 Å². The molecule has 0 saturated heterocycles. The summed E-state index contributed by atoms with van der Waals surface area (Å²) in [6.07, 6.45) is 0.595. The minimum absolute atomic E-state index is 0.173. The lowest BCUT2D eigenvalue weighted by atomic mass is 10.4. The molecule has 0 radical (unpaired) electrons. The van der Waals surface area contributed by atoms with Crippen LogP contribution in [0.15, 0.2) is 10.9 Å². The monoisotopic (exact) mass is 268 g/mol. The molecule has 0 fully saturated rings. The summed E-state index contributed by atoms with van der Waals surface area (Å²) in [7, 11) is 3.81. The Morgan fingerprint density at radius 3 is 2.63 bits per heavy atom. The topological polar surface area (TPSA) is 89.5 Å². The molecule has 1 aromatic rings. The number of nitrogens with zero attached hydrogens (tertiary/aromatic N) is 3. The number of H-pyrrole nitrogens is 1. The number of nitrogens with one attached hydrogen (secondary N) is 1. The van der Waals surface area contributed by atoms with Crippen LogP contribution in [0.25, 0.3) is 0 Å². The molecule has 106 valence electrons. The molecule has 0 aliphatic heterocycles. The van der Waals surface area contributed by atoms with Crippen LogP contribution in [0.2, 0.25) is 0 Å². The average molecular weight is 268 g/mol. The Morgan fingerprint density at radius 1 is 1.42 bits per heavy atom. The zero-order valence-electron chi connectivity index (χ0n) is 11.5. The Labute approximate surface area is 111 Å². The maximum atomic E-state index is 11.5. The van der Waals surface area contributed by atoms with Gasteiger partial charge in [-0.1, -0.05) is 6.92 Å². The standard InChI is InChI=1S/C12H20N4O3/c1-4-9-13-10(7-11(17)14-9)16(8-12(18)19)6-5-15(2)3/h7H,4-6,8H2,1-3H3,(H,18,19)(H,13,14,17). The van der Waals surface area contributed by atoms with E-state index in [9.17, 15) is 9.59 Å². The first-order chi connectivity index (χ1) is 8.92. The smallest absolute Gasteiger partial charge is 0.323 e. The van der Waals surface area contributed by atoms with Crippen molar-refractivity contribution in [3.05, 3.63) is 22.2 Å². The van der Waals surface area contributed by atoms with Gasteiger partial charge in [0.15, 0.2) is 0 Å². The lowest BCUT2D eigenvalue weighted by Crippen LogP contribution is -2.37. The molecule has 0 bridgehead atoms. The minimum Gasteiger partial charge on any atom is -0.480 e. The van der Waals surface area contributed by atoms with Gasteiger partial charge in [-0.2, -0.15) is 0 Å². The maximum Gasteiger partial charge on any atom is 0.323 e. The van der Waals surface area contributed by atoms with Gasteiger partial charge in [0.25, 0.3) is 5.56 Å². The predicted octanol–water partition coefficient (Wildman–Crippen LogP) is -0.215. The highest BCUT2D eigenvalue weighted by Gasteiger charge is 2.13. The fourth-order valence-electron chi connectivity index (χ4n) is 1.58. The molecule has 0 aliphatic rings. The van der Waals surface area contributed by atoms with E-state index in [0.29, 0.717) is 31.2 Å². The molecule has 0 amide bonds. The molecule has 1 rings (SSSR count). The number of aromatic amines is 1. The van der Waals surface area contributed by atoms with E-state index in [-0.39, 0.29) is 12.1 Å². The van der Waals surface area contributed by atoms with Crippen molar-refractivity contribution < 1.29 is 9.90 Å². The van der Waals surface area contributed by atoms with Gasteiger partial charge in [-0.15, -0.1) is 0 Å². The van der Waals surface area contributed by atoms with Gasteiger partial charge in [-0.05, 0) is 14.1 Å². The second-order valence-corrected chi connectivity index (χ2v) is 4.52. The number of likely N-dealkylation sites (N-methyl/N-ethyl adjacent to an activating group) is 1. The van der Waals surface area contributed by atoms with Gasteiger partial charge in [0.05, 0.1) is 0 Å². The molecule has 0 saturated carbocycles. The molecule has 0 unspecified atom stereocenters. The zero-order valence-corrected chi connectivity index (χ0v) is 11.5. The molecule has 2 N–H and O–H groups in total. The van der Waals surface area contributed by atoms with Gasteiger partial charge in [0, 0.05) is 25.6 Å². The summed E-state index contributed by atoms with van der Waals surface area (Å²) in [5, 5.41) is 8.94. The zero-order chi connectivity index (χ0) is 14.4. The third-order valence-electron chi connectivity index (χ3n) is 2.58. The summed E-state index contributed by atoms with van der Waals surface area (Å²) in [5.41, 5.74) is -0.262. The van der Waals surface area contributed by atoms with Crippen LogP contribution in [-0.4, -0.2) is 59.7 Å². The Kier molecular flexibility index (Phi) is 5.50. The van der Waals surface area contributed by atoms with Crippen molar-refractivity contribution in [3.8, 4) is 0 Å². The number of aliphatic carboxylic acids is 1. The van der Waals surface area contributed by atoms with E-state index < -0.39 is 5.97 Å². The summed E-state index contributed by atoms with van der Waals surface area (Å²) in [6.45, 7) is 2.89. The maximum absolute atomic E-state index is 11.5. The fourth-order valence-corrected chi connectivity index (χ4v) is 1.58. The number of carbonyl (C=O) groups is 1. The first-order valence-corrected chi connectivity index (χ1v) is 6.14. The third-order valence-corrected chi connectivity index (χ3v) is 2.58. The molecular formula is C12H20N4O3. The lowest BCUT2D eigenvalue weighted by Gasteiger charge is -2.23. The molecule has 0 spiro atoms. The summed E-state index contributed by atoms with van der Waals surface area (Å²) in [4.78, 5) is 32.8. The summed E-state index contributed by atoms with van der Waals surface area (Å²) >= 11 is 0. The number of aryl methyl sites for hydroxylation is 1. The Hall–Kier alpha value is -1.89. The summed E-state index contributed by atoms with van der Waals surface area (Å²) in [6, 6.07) is 1.33.